The Morgan fingerprint density at radius 2 is 0.761 bits per heavy atom. The number of Topliss-reactive ketones (excluding diaryl/α,β-unsaturated/α-hetero) is 1. The summed E-state index contributed by atoms with van der Waals surface area (Å²) in [4.78, 5) is 37.4. The van der Waals surface area contributed by atoms with Gasteiger partial charge in [-0.05, 0) is 69.6 Å². The van der Waals surface area contributed by atoms with Crippen molar-refractivity contribution in [2.45, 2.75) is 343 Å². The Morgan fingerprint density at radius 1 is 0.364 bits per heavy atom. The predicted octanol–water partition coefficient (Wildman–Crippen LogP) is 18.7. The van der Waals surface area contributed by atoms with E-state index in [1.807, 2.05) is 0 Å². The van der Waals surface area contributed by atoms with Crippen LogP contribution in [0.2, 0.25) is 0 Å². The van der Waals surface area contributed by atoms with Crippen LogP contribution in [0.4, 0.5) is 4.79 Å². The van der Waals surface area contributed by atoms with Crippen molar-refractivity contribution < 1.29 is 57.0 Å². The van der Waals surface area contributed by atoms with Crippen LogP contribution in [0.1, 0.15) is 324 Å². The third-order valence-electron chi connectivity index (χ3n) is 18.0. The number of rotatable bonds is 70. The second-order valence-electron chi connectivity index (χ2n) is 26.0. The summed E-state index contributed by atoms with van der Waals surface area (Å²) in [5.41, 5.74) is 0. The fourth-order valence-electron chi connectivity index (χ4n) is 11.7. The van der Waals surface area contributed by atoms with E-state index in [0.717, 1.165) is 77.2 Å². The molecule has 2 unspecified atom stereocenters. The molecule has 2 amide bonds. The van der Waals surface area contributed by atoms with Crippen LogP contribution >= 0.6 is 0 Å². The standard InChI is InChI=1S/C74H144N2O12/c1-7-10-12-14-16-18-20-22-24-26-28-30-32-34-36-44-55-84-64-70(85-56-46-37-35-33-31-29-27-25-23-21-19-17-15-13-11-8-2)65-87-74(79)76-51-43-38-40-48-69(77)49-42-47-54-81-59-58-80-53-45-39-41-50-72(78)75-52-57-82-60-61-83-62-63-86-73-68(6)66(4)67(5)71(9-3)88-73/h66-68,70-71,73H,7-65H2,1-6H3,(H,75,78)(H,76,79)/t66-,67-,68?,70-,71?,73-/m0/s1. The first-order chi connectivity index (χ1) is 43.2. The van der Waals surface area contributed by atoms with Gasteiger partial charge in [-0.2, -0.15) is 0 Å². The molecule has 1 aliphatic rings. The Labute approximate surface area is 542 Å². The lowest BCUT2D eigenvalue weighted by molar-refractivity contribution is -0.251. The van der Waals surface area contributed by atoms with E-state index < -0.39 is 6.09 Å². The maximum Gasteiger partial charge on any atom is 0.407 e. The number of hydrogen-bond acceptors (Lipinski definition) is 12. The Morgan fingerprint density at radius 3 is 1.27 bits per heavy atom. The first-order valence-electron chi connectivity index (χ1n) is 37.7. The summed E-state index contributed by atoms with van der Waals surface area (Å²) in [6.45, 7) is 21.3. The van der Waals surface area contributed by atoms with E-state index in [-0.39, 0.29) is 36.8 Å². The highest BCUT2D eigenvalue weighted by atomic mass is 16.7. The third kappa shape index (κ3) is 55.7. The van der Waals surface area contributed by atoms with Crippen molar-refractivity contribution in [3.8, 4) is 0 Å². The van der Waals surface area contributed by atoms with Crippen LogP contribution in [0, 0.1) is 17.8 Å². The molecule has 6 atom stereocenters. The molecule has 2 N–H and O–H groups in total. The minimum atomic E-state index is -0.420. The molecular formula is C74H144N2O12. The smallest absolute Gasteiger partial charge is 0.407 e. The number of nitrogens with one attached hydrogen (secondary N) is 2. The summed E-state index contributed by atoms with van der Waals surface area (Å²) < 4.78 is 52.8. The van der Waals surface area contributed by atoms with Crippen molar-refractivity contribution in [3.63, 3.8) is 0 Å². The van der Waals surface area contributed by atoms with Gasteiger partial charge in [0.25, 0.3) is 0 Å². The van der Waals surface area contributed by atoms with E-state index in [9.17, 15) is 14.4 Å². The van der Waals surface area contributed by atoms with Gasteiger partial charge in [-0.3, -0.25) is 9.59 Å². The summed E-state index contributed by atoms with van der Waals surface area (Å²) in [5.74, 6) is 1.78. The van der Waals surface area contributed by atoms with Crippen LogP contribution in [-0.2, 0) is 52.2 Å². The fraction of sp³-hybridized carbons (Fsp3) is 0.959. The molecule has 1 heterocycles. The van der Waals surface area contributed by atoms with Gasteiger partial charge in [-0.15, -0.1) is 0 Å². The molecular weight excluding hydrogens is 1110 g/mol. The monoisotopic (exact) mass is 1250 g/mol. The number of carbonyl (C=O) groups excluding carboxylic acids is 3. The number of ether oxygens (including phenoxy) is 9. The highest BCUT2D eigenvalue weighted by Crippen LogP contribution is 2.36. The molecule has 0 radical (unpaired) electrons. The van der Waals surface area contributed by atoms with Crippen LogP contribution in [-0.4, -0.2) is 135 Å². The lowest BCUT2D eigenvalue weighted by atomic mass is 9.78. The van der Waals surface area contributed by atoms with Gasteiger partial charge >= 0.3 is 6.09 Å². The second-order valence-corrected chi connectivity index (χ2v) is 26.0. The lowest BCUT2D eigenvalue weighted by Crippen LogP contribution is -2.45. The number of hydrogen-bond donors (Lipinski definition) is 2. The number of alkyl carbamates (subject to hydrolysis) is 1. The molecule has 0 aromatic rings. The summed E-state index contributed by atoms with van der Waals surface area (Å²) in [5, 5.41) is 5.82. The molecule has 0 aromatic carbocycles. The quantitative estimate of drug-likeness (QED) is 0.0556. The first kappa shape index (κ1) is 84.1. The van der Waals surface area contributed by atoms with Crippen molar-refractivity contribution in [2.75, 3.05) is 99.0 Å². The molecule has 1 saturated heterocycles. The normalized spacial score (nSPS) is 17.2. The Bertz CT molecular complexity index is 1480. The summed E-state index contributed by atoms with van der Waals surface area (Å²) in [6.07, 6.45) is 51.9. The predicted molar refractivity (Wildman–Crippen MR) is 363 cm³/mol. The maximum atomic E-state index is 12.7. The highest BCUT2D eigenvalue weighted by molar-refractivity contribution is 5.78. The Kier molecular flexibility index (Phi) is 63.6. The van der Waals surface area contributed by atoms with Gasteiger partial charge in [-0.25, -0.2) is 4.79 Å². The van der Waals surface area contributed by atoms with E-state index in [2.05, 4.69) is 52.2 Å². The topological polar surface area (TPSA) is 158 Å². The van der Waals surface area contributed by atoms with E-state index in [0.29, 0.717) is 123 Å². The second kappa shape index (κ2) is 66.5. The van der Waals surface area contributed by atoms with Crippen molar-refractivity contribution in [1.29, 1.82) is 0 Å². The summed E-state index contributed by atoms with van der Waals surface area (Å²) >= 11 is 0. The first-order valence-corrected chi connectivity index (χ1v) is 37.7. The van der Waals surface area contributed by atoms with Crippen LogP contribution < -0.4 is 10.6 Å². The van der Waals surface area contributed by atoms with Crippen molar-refractivity contribution >= 4 is 17.8 Å². The summed E-state index contributed by atoms with van der Waals surface area (Å²) in [6, 6.07) is 0. The highest BCUT2D eigenvalue weighted by Gasteiger charge is 2.38. The lowest BCUT2D eigenvalue weighted by Gasteiger charge is -2.43. The molecule has 1 aliphatic heterocycles. The minimum absolute atomic E-state index is 0.0436. The van der Waals surface area contributed by atoms with Crippen LogP contribution in [0.3, 0.4) is 0 Å². The number of ketones is 1. The van der Waals surface area contributed by atoms with Gasteiger partial charge in [0.15, 0.2) is 6.29 Å². The largest absolute Gasteiger partial charge is 0.447 e. The van der Waals surface area contributed by atoms with Gasteiger partial charge in [0.05, 0.1) is 59.0 Å². The van der Waals surface area contributed by atoms with Crippen molar-refractivity contribution in [2.24, 2.45) is 17.8 Å². The van der Waals surface area contributed by atoms with Crippen LogP contribution in [0.15, 0.2) is 0 Å². The molecule has 14 nitrogen and oxygen atoms in total. The molecule has 0 aliphatic carbocycles. The van der Waals surface area contributed by atoms with E-state index >= 15 is 0 Å². The molecule has 1 rings (SSSR count). The van der Waals surface area contributed by atoms with E-state index in [1.54, 1.807) is 0 Å². The molecule has 0 bridgehead atoms. The molecule has 14 heteroatoms. The average Bonchev–Trinajstić information content (AvgIpc) is 3.69. The number of carbonyl (C=O) groups is 3. The van der Waals surface area contributed by atoms with Crippen molar-refractivity contribution in [1.82, 2.24) is 10.6 Å². The number of amides is 2. The third-order valence-corrected chi connectivity index (χ3v) is 18.0. The van der Waals surface area contributed by atoms with Gasteiger partial charge in [-0.1, -0.05) is 247 Å². The molecule has 0 aromatic heterocycles. The van der Waals surface area contributed by atoms with Gasteiger partial charge in [0.2, 0.25) is 5.91 Å². The molecule has 522 valence electrons. The average molecular weight is 1250 g/mol. The fourth-order valence-corrected chi connectivity index (χ4v) is 11.7. The van der Waals surface area contributed by atoms with Gasteiger partial charge in [0.1, 0.15) is 18.5 Å². The zero-order chi connectivity index (χ0) is 63.7. The van der Waals surface area contributed by atoms with Crippen LogP contribution in [0.25, 0.3) is 0 Å². The Hall–Kier alpha value is -1.91. The minimum Gasteiger partial charge on any atom is -0.447 e. The van der Waals surface area contributed by atoms with E-state index in [4.69, 9.17) is 42.6 Å². The van der Waals surface area contributed by atoms with Crippen LogP contribution in [0.5, 0.6) is 0 Å². The van der Waals surface area contributed by atoms with Crippen molar-refractivity contribution in [3.05, 3.63) is 0 Å². The Balaban J connectivity index is 2.05. The SMILES string of the molecule is CCCCCCCCCCCCCCCCCCOC[C@@H](COC(=O)NCCCCCC(=O)CCCCOCCOCCCCCC(=O)NCCOCCOCCO[C@H]1OC(CC)[C@@H](C)[C@H](C)C1C)OCCCCCCCCCCCCCCCCCC. The maximum absolute atomic E-state index is 12.7. The van der Waals surface area contributed by atoms with Gasteiger partial charge < -0.3 is 53.3 Å². The molecule has 88 heavy (non-hydrogen) atoms. The molecule has 1 fully saturated rings. The van der Waals surface area contributed by atoms with E-state index in [1.165, 1.54) is 193 Å². The number of unbranched alkanes of at least 4 members (excludes halogenated alkanes) is 35. The van der Waals surface area contributed by atoms with Gasteiger partial charge in [0, 0.05) is 64.7 Å². The molecule has 0 saturated carbocycles. The zero-order valence-electron chi connectivity index (χ0n) is 58.6. The molecule has 0 spiro atoms. The summed E-state index contributed by atoms with van der Waals surface area (Å²) in [7, 11) is 0. The zero-order valence-corrected chi connectivity index (χ0v) is 58.6.